The van der Waals surface area contributed by atoms with Gasteiger partial charge in [-0.15, -0.1) is 11.3 Å². The largest absolute Gasteiger partial charge is 0.368 e. The predicted molar refractivity (Wildman–Crippen MR) is 92.9 cm³/mol. The van der Waals surface area contributed by atoms with Gasteiger partial charge in [0.15, 0.2) is 6.29 Å². The molecule has 22 heavy (non-hydrogen) atoms. The van der Waals surface area contributed by atoms with Crippen LogP contribution in [0.2, 0.25) is 0 Å². The Morgan fingerprint density at radius 2 is 2.05 bits per heavy atom. The second-order valence-corrected chi connectivity index (χ2v) is 6.75. The second-order valence-electron chi connectivity index (χ2n) is 5.80. The fourth-order valence-corrected chi connectivity index (χ4v) is 4.11. The molecule has 0 saturated heterocycles. The van der Waals surface area contributed by atoms with Crippen LogP contribution in [0.15, 0.2) is 53.6 Å². The first kappa shape index (κ1) is 15.0. The van der Waals surface area contributed by atoms with E-state index in [2.05, 4.69) is 59.7 Å². The van der Waals surface area contributed by atoms with Crippen LogP contribution in [0.3, 0.4) is 0 Å². The van der Waals surface area contributed by atoms with Gasteiger partial charge in [0.05, 0.1) is 5.70 Å². The molecule has 2 heterocycles. The highest BCUT2D eigenvalue weighted by Gasteiger charge is 2.31. The van der Waals surface area contributed by atoms with Crippen molar-refractivity contribution in [2.45, 2.75) is 25.8 Å². The van der Waals surface area contributed by atoms with Gasteiger partial charge in [0.25, 0.3) is 0 Å². The van der Waals surface area contributed by atoms with Crippen LogP contribution in [0, 0.1) is 5.92 Å². The monoisotopic (exact) mass is 311 g/mol. The number of carbonyl (C=O) groups is 1. The molecule has 2 nitrogen and oxygen atoms in total. The van der Waals surface area contributed by atoms with Crippen molar-refractivity contribution in [1.82, 2.24) is 4.90 Å². The molecule has 0 aliphatic carbocycles. The van der Waals surface area contributed by atoms with E-state index < -0.39 is 0 Å². The van der Waals surface area contributed by atoms with Gasteiger partial charge in [-0.3, -0.25) is 4.79 Å². The lowest BCUT2D eigenvalue weighted by atomic mass is 9.91. The summed E-state index contributed by atoms with van der Waals surface area (Å²) >= 11 is 1.78. The van der Waals surface area contributed by atoms with E-state index in [4.69, 9.17) is 0 Å². The van der Waals surface area contributed by atoms with E-state index in [0.29, 0.717) is 12.0 Å². The Hall–Kier alpha value is -1.87. The summed E-state index contributed by atoms with van der Waals surface area (Å²) in [6, 6.07) is 13.3. The Labute approximate surface area is 136 Å². The standard InChI is InChI=1S/C19H21NOS/c1-3-14-11-16(13-21)20(2)18(14)12-15-7-4-5-8-17(15)19-9-6-10-22-19/h4-11,13-14,18H,3,12H2,1-2H3. The van der Waals surface area contributed by atoms with Crippen LogP contribution >= 0.6 is 11.3 Å². The normalized spacial score (nSPS) is 21.0. The first-order valence-corrected chi connectivity index (χ1v) is 8.64. The molecule has 0 saturated carbocycles. The molecule has 0 spiro atoms. The number of aldehydes is 1. The number of nitrogens with zero attached hydrogens (tertiary/aromatic N) is 1. The third kappa shape index (κ3) is 2.73. The number of allylic oxidation sites excluding steroid dienone is 1. The average molecular weight is 311 g/mol. The van der Waals surface area contributed by atoms with Gasteiger partial charge in [-0.05, 0) is 41.3 Å². The Morgan fingerprint density at radius 3 is 2.73 bits per heavy atom. The molecule has 0 radical (unpaired) electrons. The molecule has 114 valence electrons. The van der Waals surface area contributed by atoms with E-state index in [1.807, 2.05) is 7.05 Å². The number of thiophene rings is 1. The van der Waals surface area contributed by atoms with Crippen LogP contribution in [-0.2, 0) is 11.2 Å². The van der Waals surface area contributed by atoms with Gasteiger partial charge >= 0.3 is 0 Å². The molecule has 0 fully saturated rings. The van der Waals surface area contributed by atoms with Crippen molar-refractivity contribution in [2.75, 3.05) is 7.05 Å². The molecular weight excluding hydrogens is 290 g/mol. The smallest absolute Gasteiger partial charge is 0.165 e. The Kier molecular flexibility index (Phi) is 4.44. The van der Waals surface area contributed by atoms with Crippen LogP contribution in [0.1, 0.15) is 18.9 Å². The number of likely N-dealkylation sites (N-methyl/N-ethyl adjacent to an activating group) is 1. The van der Waals surface area contributed by atoms with Crippen molar-refractivity contribution in [3.8, 4) is 10.4 Å². The van der Waals surface area contributed by atoms with Gasteiger partial charge in [0.1, 0.15) is 0 Å². The molecule has 0 bridgehead atoms. The zero-order valence-electron chi connectivity index (χ0n) is 13.0. The van der Waals surface area contributed by atoms with Crippen molar-refractivity contribution in [2.24, 2.45) is 5.92 Å². The molecule has 1 aliphatic heterocycles. The zero-order chi connectivity index (χ0) is 15.5. The maximum atomic E-state index is 11.2. The number of benzene rings is 1. The number of carbonyl (C=O) groups excluding carboxylic acids is 1. The highest BCUT2D eigenvalue weighted by atomic mass is 32.1. The van der Waals surface area contributed by atoms with E-state index in [1.165, 1.54) is 16.0 Å². The van der Waals surface area contributed by atoms with Crippen molar-refractivity contribution in [3.05, 3.63) is 59.1 Å². The highest BCUT2D eigenvalue weighted by Crippen LogP contribution is 2.34. The minimum atomic E-state index is 0.367. The lowest BCUT2D eigenvalue weighted by molar-refractivity contribution is -0.106. The Balaban J connectivity index is 1.89. The first-order chi connectivity index (χ1) is 10.7. The zero-order valence-corrected chi connectivity index (χ0v) is 13.8. The Bertz CT molecular complexity index is 675. The SMILES string of the molecule is CCC1C=C(C=O)N(C)C1Cc1ccccc1-c1cccs1. The summed E-state index contributed by atoms with van der Waals surface area (Å²) < 4.78 is 0. The van der Waals surface area contributed by atoms with E-state index in [9.17, 15) is 4.79 Å². The van der Waals surface area contributed by atoms with E-state index in [0.717, 1.165) is 24.8 Å². The van der Waals surface area contributed by atoms with Gasteiger partial charge < -0.3 is 4.90 Å². The van der Waals surface area contributed by atoms with E-state index >= 15 is 0 Å². The molecule has 0 amide bonds. The summed E-state index contributed by atoms with van der Waals surface area (Å²) in [6.07, 6.45) is 5.14. The minimum Gasteiger partial charge on any atom is -0.368 e. The average Bonchev–Trinajstić information content (AvgIpc) is 3.17. The van der Waals surface area contributed by atoms with Gasteiger partial charge in [-0.2, -0.15) is 0 Å². The molecule has 1 aliphatic rings. The third-order valence-corrected chi connectivity index (χ3v) is 5.51. The van der Waals surface area contributed by atoms with Gasteiger partial charge in [-0.1, -0.05) is 43.3 Å². The fraction of sp³-hybridized carbons (Fsp3) is 0.316. The van der Waals surface area contributed by atoms with Crippen molar-refractivity contribution < 1.29 is 4.79 Å². The van der Waals surface area contributed by atoms with Crippen molar-refractivity contribution in [3.63, 3.8) is 0 Å². The van der Waals surface area contributed by atoms with Gasteiger partial charge in [-0.25, -0.2) is 0 Å². The highest BCUT2D eigenvalue weighted by molar-refractivity contribution is 7.13. The summed E-state index contributed by atoms with van der Waals surface area (Å²) in [5, 5.41) is 2.12. The summed E-state index contributed by atoms with van der Waals surface area (Å²) in [6.45, 7) is 2.20. The predicted octanol–water partition coefficient (Wildman–Crippen LogP) is 4.38. The van der Waals surface area contributed by atoms with E-state index in [-0.39, 0.29) is 0 Å². The van der Waals surface area contributed by atoms with Crippen molar-refractivity contribution >= 4 is 17.6 Å². The van der Waals surface area contributed by atoms with Crippen LogP contribution < -0.4 is 0 Å². The summed E-state index contributed by atoms with van der Waals surface area (Å²) in [4.78, 5) is 14.7. The molecule has 1 aromatic carbocycles. The molecule has 1 aromatic heterocycles. The molecule has 2 aromatic rings. The number of rotatable bonds is 5. The first-order valence-electron chi connectivity index (χ1n) is 7.76. The van der Waals surface area contributed by atoms with Gasteiger partial charge in [0.2, 0.25) is 0 Å². The van der Waals surface area contributed by atoms with E-state index in [1.54, 1.807) is 11.3 Å². The summed E-state index contributed by atoms with van der Waals surface area (Å²) in [5.41, 5.74) is 3.51. The number of hydrogen-bond donors (Lipinski definition) is 0. The fourth-order valence-electron chi connectivity index (χ4n) is 3.32. The molecule has 2 unspecified atom stereocenters. The lowest BCUT2D eigenvalue weighted by Gasteiger charge is -2.28. The van der Waals surface area contributed by atoms with Gasteiger partial charge in [0, 0.05) is 18.0 Å². The van der Waals surface area contributed by atoms with Crippen LogP contribution in [0.4, 0.5) is 0 Å². The Morgan fingerprint density at radius 1 is 1.23 bits per heavy atom. The maximum Gasteiger partial charge on any atom is 0.165 e. The molecule has 2 atom stereocenters. The van der Waals surface area contributed by atoms with Crippen LogP contribution in [0.25, 0.3) is 10.4 Å². The minimum absolute atomic E-state index is 0.367. The quantitative estimate of drug-likeness (QED) is 0.764. The summed E-state index contributed by atoms with van der Waals surface area (Å²) in [5.74, 6) is 0.446. The second kappa shape index (κ2) is 6.49. The van der Waals surface area contributed by atoms with Crippen LogP contribution in [0.5, 0.6) is 0 Å². The number of hydrogen-bond acceptors (Lipinski definition) is 3. The summed E-state index contributed by atoms with van der Waals surface area (Å²) in [7, 11) is 2.04. The molecule has 0 N–H and O–H groups in total. The maximum absolute atomic E-state index is 11.2. The topological polar surface area (TPSA) is 20.3 Å². The van der Waals surface area contributed by atoms with Crippen molar-refractivity contribution in [1.29, 1.82) is 0 Å². The third-order valence-electron chi connectivity index (χ3n) is 4.61. The molecular formula is C19H21NOS. The lowest BCUT2D eigenvalue weighted by Crippen LogP contribution is -2.33. The van der Waals surface area contributed by atoms with Crippen LogP contribution in [-0.4, -0.2) is 24.3 Å². The molecule has 3 heteroatoms. The molecule has 3 rings (SSSR count).